The Morgan fingerprint density at radius 3 is 2.78 bits per heavy atom. The van der Waals surface area contributed by atoms with E-state index in [-0.39, 0.29) is 18.4 Å². The maximum absolute atomic E-state index is 11.9. The van der Waals surface area contributed by atoms with E-state index in [2.05, 4.69) is 9.60 Å². The number of fused-ring (bicyclic) bond motifs is 4. The van der Waals surface area contributed by atoms with Gasteiger partial charge in [-0.1, -0.05) is 0 Å². The molecule has 3 unspecified atom stereocenters. The van der Waals surface area contributed by atoms with Gasteiger partial charge in [0.1, 0.15) is 6.04 Å². The molecule has 3 aliphatic rings. The van der Waals surface area contributed by atoms with Crippen LogP contribution in [0.2, 0.25) is 0 Å². The lowest BCUT2D eigenvalue weighted by atomic mass is 9.91. The van der Waals surface area contributed by atoms with Crippen molar-refractivity contribution in [3.8, 4) is 0 Å². The summed E-state index contributed by atoms with van der Waals surface area (Å²) in [7, 11) is -4.74. The lowest BCUT2D eigenvalue weighted by Gasteiger charge is -2.30. The Bertz CT molecular complexity index is 519. The Labute approximate surface area is 103 Å². The smallest absolute Gasteiger partial charge is 0.354 e. The van der Waals surface area contributed by atoms with Crippen LogP contribution in [0.1, 0.15) is 6.42 Å². The molecule has 100 valence electrons. The Kier molecular flexibility index (Phi) is 2.31. The zero-order chi connectivity index (χ0) is 13.1. The van der Waals surface area contributed by atoms with Crippen molar-refractivity contribution in [1.29, 1.82) is 0 Å². The number of carbonyl (C=O) groups is 2. The van der Waals surface area contributed by atoms with Gasteiger partial charge in [0.2, 0.25) is 5.91 Å². The van der Waals surface area contributed by atoms with Gasteiger partial charge in [-0.25, -0.2) is 4.79 Å². The molecule has 0 saturated carbocycles. The number of hydrogen-bond acceptors (Lipinski definition) is 5. The van der Waals surface area contributed by atoms with Crippen LogP contribution < -0.4 is 5.32 Å². The van der Waals surface area contributed by atoms with Crippen molar-refractivity contribution >= 4 is 22.3 Å². The zero-order valence-electron chi connectivity index (χ0n) is 9.14. The van der Waals surface area contributed by atoms with Crippen molar-refractivity contribution in [3.05, 3.63) is 0 Å². The number of amides is 3. The third kappa shape index (κ3) is 1.64. The summed E-state index contributed by atoms with van der Waals surface area (Å²) in [5, 5.41) is 3.31. The van der Waals surface area contributed by atoms with E-state index in [1.54, 1.807) is 0 Å². The highest BCUT2D eigenvalue weighted by Crippen LogP contribution is 2.36. The van der Waals surface area contributed by atoms with Crippen molar-refractivity contribution in [3.63, 3.8) is 0 Å². The molecule has 0 aliphatic carbocycles. The molecule has 2 N–H and O–H groups in total. The molecule has 0 spiro atoms. The van der Waals surface area contributed by atoms with E-state index in [9.17, 15) is 18.0 Å². The fraction of sp³-hybridized carbons (Fsp3) is 0.750. The van der Waals surface area contributed by atoms with Crippen LogP contribution >= 0.6 is 0 Å². The van der Waals surface area contributed by atoms with Crippen molar-refractivity contribution in [2.75, 3.05) is 13.1 Å². The molecule has 3 aliphatic heterocycles. The highest BCUT2D eigenvalue weighted by molar-refractivity contribution is 7.80. The van der Waals surface area contributed by atoms with Crippen LogP contribution in [-0.4, -0.2) is 60.0 Å². The van der Waals surface area contributed by atoms with Gasteiger partial charge in [0.05, 0.1) is 6.04 Å². The molecule has 9 nitrogen and oxygen atoms in total. The van der Waals surface area contributed by atoms with Gasteiger partial charge < -0.3 is 10.2 Å². The Balaban J connectivity index is 1.88. The molecule has 3 amide bonds. The first kappa shape index (κ1) is 11.7. The second-order valence-electron chi connectivity index (χ2n) is 4.60. The summed E-state index contributed by atoms with van der Waals surface area (Å²) in [5.41, 5.74) is 0. The minimum atomic E-state index is -4.74. The van der Waals surface area contributed by atoms with Crippen LogP contribution in [0.4, 0.5) is 4.79 Å². The molecule has 3 fully saturated rings. The SMILES string of the molecule is O=C1NCC2CC3CN(C(=O)N3OS(=O)(=O)O)C12. The molecule has 10 heteroatoms. The van der Waals surface area contributed by atoms with Gasteiger partial charge in [-0.05, 0) is 6.42 Å². The summed E-state index contributed by atoms with van der Waals surface area (Å²) in [6.07, 6.45) is 0.459. The monoisotopic (exact) mass is 277 g/mol. The first-order valence-corrected chi connectivity index (χ1v) is 6.78. The number of nitrogens with one attached hydrogen (secondary N) is 1. The Morgan fingerprint density at radius 1 is 1.39 bits per heavy atom. The van der Waals surface area contributed by atoms with E-state index in [1.807, 2.05) is 0 Å². The molecule has 2 bridgehead atoms. The summed E-state index contributed by atoms with van der Waals surface area (Å²) in [6, 6.07) is -1.74. The van der Waals surface area contributed by atoms with E-state index in [0.29, 0.717) is 18.0 Å². The van der Waals surface area contributed by atoms with Gasteiger partial charge in [0.25, 0.3) is 0 Å². The number of nitrogens with zero attached hydrogens (tertiary/aromatic N) is 2. The van der Waals surface area contributed by atoms with E-state index in [1.165, 1.54) is 4.90 Å². The third-order valence-corrected chi connectivity index (χ3v) is 3.86. The number of carbonyl (C=O) groups excluding carboxylic acids is 2. The molecule has 0 radical (unpaired) electrons. The number of rotatable bonds is 2. The number of hydroxylamine groups is 2. The lowest BCUT2D eigenvalue weighted by molar-refractivity contribution is -0.123. The second-order valence-corrected chi connectivity index (χ2v) is 5.61. The normalized spacial score (nSPS) is 34.8. The maximum atomic E-state index is 11.9. The van der Waals surface area contributed by atoms with Gasteiger partial charge in [-0.2, -0.15) is 13.5 Å². The van der Waals surface area contributed by atoms with Crippen LogP contribution in [0.15, 0.2) is 0 Å². The van der Waals surface area contributed by atoms with Crippen LogP contribution in [0.5, 0.6) is 0 Å². The average molecular weight is 277 g/mol. The fourth-order valence-corrected chi connectivity index (χ4v) is 3.27. The average Bonchev–Trinajstić information content (AvgIpc) is 2.73. The van der Waals surface area contributed by atoms with E-state index >= 15 is 0 Å². The summed E-state index contributed by atoms with van der Waals surface area (Å²) in [5.74, 6) is -0.282. The third-order valence-electron chi connectivity index (χ3n) is 3.51. The molecule has 0 aromatic carbocycles. The van der Waals surface area contributed by atoms with E-state index in [4.69, 9.17) is 4.55 Å². The minimum Gasteiger partial charge on any atom is -0.354 e. The molecule has 3 heterocycles. The molecular weight excluding hydrogens is 266 g/mol. The molecule has 18 heavy (non-hydrogen) atoms. The van der Waals surface area contributed by atoms with E-state index < -0.39 is 28.5 Å². The van der Waals surface area contributed by atoms with Crippen molar-refractivity contribution in [2.24, 2.45) is 5.92 Å². The quantitative estimate of drug-likeness (QED) is 0.584. The van der Waals surface area contributed by atoms with Crippen LogP contribution in [0, 0.1) is 5.92 Å². The molecule has 3 rings (SSSR count). The van der Waals surface area contributed by atoms with E-state index in [0.717, 1.165) is 0 Å². The summed E-state index contributed by atoms with van der Waals surface area (Å²) < 4.78 is 34.2. The first-order valence-electron chi connectivity index (χ1n) is 5.41. The van der Waals surface area contributed by atoms with Crippen LogP contribution in [0.3, 0.4) is 0 Å². The Morgan fingerprint density at radius 2 is 2.11 bits per heavy atom. The predicted octanol–water partition coefficient (Wildman–Crippen LogP) is -1.65. The lowest BCUT2D eigenvalue weighted by Crippen LogP contribution is -2.47. The molecule has 3 saturated heterocycles. The molecule has 0 aromatic rings. The topological polar surface area (TPSA) is 116 Å². The summed E-state index contributed by atoms with van der Waals surface area (Å²) in [4.78, 5) is 24.8. The van der Waals surface area contributed by atoms with Crippen LogP contribution in [-0.2, 0) is 19.5 Å². The van der Waals surface area contributed by atoms with Crippen LogP contribution in [0.25, 0.3) is 0 Å². The minimum absolute atomic E-state index is 0.0461. The number of hydrogen-bond donors (Lipinski definition) is 2. The van der Waals surface area contributed by atoms with Gasteiger partial charge in [-0.3, -0.25) is 9.35 Å². The maximum Gasteiger partial charge on any atom is 0.418 e. The number of urea groups is 1. The first-order chi connectivity index (χ1) is 8.37. The number of piperidine rings is 1. The molecular formula is C8H11N3O6S. The largest absolute Gasteiger partial charge is 0.418 e. The van der Waals surface area contributed by atoms with Crippen molar-refractivity contribution < 1.29 is 26.8 Å². The predicted molar refractivity (Wildman–Crippen MR) is 55.3 cm³/mol. The van der Waals surface area contributed by atoms with Crippen molar-refractivity contribution in [2.45, 2.75) is 18.5 Å². The van der Waals surface area contributed by atoms with Crippen molar-refractivity contribution in [1.82, 2.24) is 15.3 Å². The zero-order valence-corrected chi connectivity index (χ0v) is 9.96. The molecule has 3 atom stereocenters. The highest BCUT2D eigenvalue weighted by atomic mass is 32.3. The van der Waals surface area contributed by atoms with Gasteiger partial charge in [0, 0.05) is 19.0 Å². The van der Waals surface area contributed by atoms with Gasteiger partial charge >= 0.3 is 16.4 Å². The summed E-state index contributed by atoms with van der Waals surface area (Å²) in [6.45, 7) is 0.687. The highest BCUT2D eigenvalue weighted by Gasteiger charge is 2.55. The standard InChI is InChI=1S/C8H11N3O6S/c12-7-6-4(2-9-7)1-5-3-10(6)8(13)11(5)17-18(14,15)16/h4-6H,1-3H2,(H,9,12)(H,14,15,16). The fourth-order valence-electron chi connectivity index (χ4n) is 2.88. The summed E-state index contributed by atoms with van der Waals surface area (Å²) >= 11 is 0. The Hall–Kier alpha value is -1.39. The second kappa shape index (κ2) is 3.56. The van der Waals surface area contributed by atoms with Gasteiger partial charge in [0.15, 0.2) is 0 Å². The molecule has 0 aromatic heterocycles. The van der Waals surface area contributed by atoms with Gasteiger partial charge in [-0.15, -0.1) is 4.28 Å².